The molecule has 2 heterocycles. The monoisotopic (exact) mass is 488 g/mol. The van der Waals surface area contributed by atoms with Gasteiger partial charge < -0.3 is 18.9 Å². The first-order valence-corrected chi connectivity index (χ1v) is 13.0. The summed E-state index contributed by atoms with van der Waals surface area (Å²) >= 11 is 0. The molecule has 0 saturated carbocycles. The molecular formula is C30H36N2O4. The van der Waals surface area contributed by atoms with E-state index < -0.39 is 0 Å². The molecular weight excluding hydrogens is 452 g/mol. The molecule has 2 aliphatic rings. The maximum absolute atomic E-state index is 14.0. The number of piperidine rings is 1. The Kier molecular flexibility index (Phi) is 6.89. The molecule has 36 heavy (non-hydrogen) atoms. The third-order valence-electron chi connectivity index (χ3n) is 8.53. The van der Waals surface area contributed by atoms with Crippen LogP contribution in [0.2, 0.25) is 0 Å². The Hall–Kier alpha value is -3.12. The van der Waals surface area contributed by atoms with Crippen molar-refractivity contribution < 1.29 is 19.1 Å². The number of fused-ring (bicyclic) bond motifs is 5. The fraction of sp³-hybridized carbons (Fsp3) is 0.467. The first-order chi connectivity index (χ1) is 17.5. The number of carbonyl (C=O) groups is 2. The van der Waals surface area contributed by atoms with Crippen LogP contribution in [-0.4, -0.2) is 55.1 Å². The molecule has 2 bridgehead atoms. The Bertz CT molecular complexity index is 1260. The first kappa shape index (κ1) is 24.6. The van der Waals surface area contributed by atoms with Crippen LogP contribution in [-0.2, 0) is 28.9 Å². The van der Waals surface area contributed by atoms with Crippen molar-refractivity contribution in [2.24, 2.45) is 17.8 Å². The molecule has 4 atom stereocenters. The zero-order chi connectivity index (χ0) is 25.4. The molecule has 1 unspecified atom stereocenters. The number of ether oxygens (including phenoxy) is 2. The molecule has 3 aromatic rings. The number of aromatic nitrogens is 1. The quantitative estimate of drug-likeness (QED) is 0.468. The highest BCUT2D eigenvalue weighted by Gasteiger charge is 2.49. The van der Waals surface area contributed by atoms with Crippen molar-refractivity contribution >= 4 is 22.7 Å². The number of esters is 1. The standard InChI is InChI=1S/C30H36N2O4/c1-5-20-18-31(2)26-16-24-22-8-6-7-9-25(22)32(15-14-19-10-12-21(35-3)13-11-19)29(24)27(33)17-23(20)28(26)30(34)36-4/h6-13,20,23,26,28H,5,14-18H2,1-4H3/t20-,23-,26+,28?/m1/s1. The predicted molar refractivity (Wildman–Crippen MR) is 140 cm³/mol. The zero-order valence-corrected chi connectivity index (χ0v) is 21.7. The first-order valence-electron chi connectivity index (χ1n) is 13.0. The second kappa shape index (κ2) is 10.1. The Morgan fingerprint density at radius 1 is 1.06 bits per heavy atom. The fourth-order valence-electron chi connectivity index (χ4n) is 6.66. The number of rotatable bonds is 6. The molecule has 0 amide bonds. The molecule has 1 fully saturated rings. The smallest absolute Gasteiger partial charge is 0.310 e. The lowest BCUT2D eigenvalue weighted by atomic mass is 9.67. The van der Waals surface area contributed by atoms with E-state index in [1.54, 1.807) is 7.11 Å². The van der Waals surface area contributed by atoms with E-state index in [1.807, 2.05) is 24.3 Å². The number of nitrogens with zero attached hydrogens (tertiary/aromatic N) is 2. The highest BCUT2D eigenvalue weighted by atomic mass is 16.5. The van der Waals surface area contributed by atoms with Gasteiger partial charge in [0.1, 0.15) is 5.75 Å². The van der Waals surface area contributed by atoms with E-state index in [0.29, 0.717) is 12.8 Å². The molecule has 5 rings (SSSR count). The molecule has 0 spiro atoms. The Morgan fingerprint density at radius 3 is 2.50 bits per heavy atom. The van der Waals surface area contributed by atoms with Crippen molar-refractivity contribution in [3.05, 3.63) is 65.4 Å². The molecule has 1 aromatic heterocycles. The van der Waals surface area contributed by atoms with Gasteiger partial charge in [-0.3, -0.25) is 9.59 Å². The molecule has 6 heteroatoms. The van der Waals surface area contributed by atoms with Crippen LogP contribution in [0.25, 0.3) is 10.9 Å². The van der Waals surface area contributed by atoms with Gasteiger partial charge in [0.15, 0.2) is 5.78 Å². The minimum absolute atomic E-state index is 0.00245. The minimum atomic E-state index is -0.294. The number of hydrogen-bond acceptors (Lipinski definition) is 5. The highest BCUT2D eigenvalue weighted by Crippen LogP contribution is 2.43. The fourth-order valence-corrected chi connectivity index (χ4v) is 6.66. The van der Waals surface area contributed by atoms with Gasteiger partial charge in [-0.25, -0.2) is 0 Å². The average molecular weight is 489 g/mol. The van der Waals surface area contributed by atoms with Crippen molar-refractivity contribution in [2.45, 2.75) is 45.2 Å². The second-order valence-electron chi connectivity index (χ2n) is 10.3. The van der Waals surface area contributed by atoms with Crippen molar-refractivity contribution in [3.63, 3.8) is 0 Å². The van der Waals surface area contributed by atoms with Crippen molar-refractivity contribution in [1.82, 2.24) is 9.47 Å². The molecule has 2 aromatic carbocycles. The van der Waals surface area contributed by atoms with Gasteiger partial charge in [0, 0.05) is 36.5 Å². The lowest BCUT2D eigenvalue weighted by molar-refractivity contribution is -0.154. The third kappa shape index (κ3) is 4.21. The summed E-state index contributed by atoms with van der Waals surface area (Å²) < 4.78 is 12.8. The number of hydrogen-bond donors (Lipinski definition) is 0. The lowest BCUT2D eigenvalue weighted by Crippen LogP contribution is -2.56. The Balaban J connectivity index is 1.59. The van der Waals surface area contributed by atoms with Gasteiger partial charge in [0.2, 0.25) is 0 Å². The van der Waals surface area contributed by atoms with E-state index in [-0.39, 0.29) is 35.5 Å². The highest BCUT2D eigenvalue weighted by molar-refractivity contribution is 6.03. The summed E-state index contributed by atoms with van der Waals surface area (Å²) in [6.45, 7) is 3.78. The number of methoxy groups -OCH3 is 2. The number of aryl methyl sites for hydroxylation is 2. The Morgan fingerprint density at radius 2 is 1.81 bits per heavy atom. The van der Waals surface area contributed by atoms with Gasteiger partial charge in [-0.05, 0) is 61.1 Å². The van der Waals surface area contributed by atoms with Gasteiger partial charge in [-0.15, -0.1) is 0 Å². The average Bonchev–Trinajstić information content (AvgIpc) is 3.21. The number of likely N-dealkylation sites (N-methyl/N-ethyl adjacent to an activating group) is 1. The summed E-state index contributed by atoms with van der Waals surface area (Å²) in [5.41, 5.74) is 4.19. The summed E-state index contributed by atoms with van der Waals surface area (Å²) in [5.74, 6) is 0.796. The van der Waals surface area contributed by atoms with E-state index >= 15 is 0 Å². The molecule has 190 valence electrons. The van der Waals surface area contributed by atoms with Gasteiger partial charge in [0.05, 0.1) is 25.8 Å². The summed E-state index contributed by atoms with van der Waals surface area (Å²) in [6, 6.07) is 16.5. The van der Waals surface area contributed by atoms with Crippen LogP contribution >= 0.6 is 0 Å². The molecule has 0 N–H and O–H groups in total. The van der Waals surface area contributed by atoms with E-state index in [4.69, 9.17) is 9.47 Å². The minimum Gasteiger partial charge on any atom is -0.497 e. The maximum atomic E-state index is 14.0. The lowest BCUT2D eigenvalue weighted by Gasteiger charge is -2.48. The number of Topliss-reactive ketones (excluding diaryl/α,β-unsaturated/α-hetero) is 1. The third-order valence-corrected chi connectivity index (χ3v) is 8.53. The summed E-state index contributed by atoms with van der Waals surface area (Å²) in [4.78, 5) is 29.4. The van der Waals surface area contributed by atoms with Gasteiger partial charge >= 0.3 is 5.97 Å². The molecule has 6 nitrogen and oxygen atoms in total. The van der Waals surface area contributed by atoms with E-state index in [1.165, 1.54) is 12.7 Å². The molecule has 1 saturated heterocycles. The number of likely N-dealkylation sites (tertiary alicyclic amines) is 1. The van der Waals surface area contributed by atoms with Crippen molar-refractivity contribution in [2.75, 3.05) is 27.8 Å². The molecule has 0 radical (unpaired) electrons. The van der Waals surface area contributed by atoms with Crippen molar-refractivity contribution in [1.29, 1.82) is 0 Å². The second-order valence-corrected chi connectivity index (χ2v) is 10.3. The topological polar surface area (TPSA) is 60.8 Å². The van der Waals surface area contributed by atoms with Crippen LogP contribution in [0, 0.1) is 17.8 Å². The number of para-hydroxylation sites is 1. The van der Waals surface area contributed by atoms with Crippen LogP contribution in [0.1, 0.15) is 41.4 Å². The number of carbonyl (C=O) groups excluding carboxylic acids is 2. The molecule has 1 aliphatic carbocycles. The summed E-state index contributed by atoms with van der Waals surface area (Å²) in [7, 11) is 5.26. The zero-order valence-electron chi connectivity index (χ0n) is 21.7. The maximum Gasteiger partial charge on any atom is 0.310 e. The van der Waals surface area contributed by atoms with Gasteiger partial charge in [0.25, 0.3) is 0 Å². The van der Waals surface area contributed by atoms with E-state index in [9.17, 15) is 9.59 Å². The van der Waals surface area contributed by atoms with Crippen LogP contribution in [0.3, 0.4) is 0 Å². The molecule has 1 aliphatic heterocycles. The van der Waals surface area contributed by atoms with Crippen molar-refractivity contribution in [3.8, 4) is 5.75 Å². The van der Waals surface area contributed by atoms with Crippen LogP contribution in [0.4, 0.5) is 0 Å². The van der Waals surface area contributed by atoms with Crippen LogP contribution in [0.15, 0.2) is 48.5 Å². The van der Waals surface area contributed by atoms with E-state index in [0.717, 1.165) is 53.8 Å². The van der Waals surface area contributed by atoms with Gasteiger partial charge in [-0.2, -0.15) is 0 Å². The number of benzene rings is 2. The predicted octanol–water partition coefficient (Wildman–Crippen LogP) is 4.77. The largest absolute Gasteiger partial charge is 0.497 e. The van der Waals surface area contributed by atoms with Gasteiger partial charge in [-0.1, -0.05) is 43.7 Å². The Labute approximate surface area is 213 Å². The summed E-state index contributed by atoms with van der Waals surface area (Å²) in [5, 5.41) is 1.11. The van der Waals surface area contributed by atoms with Crippen LogP contribution < -0.4 is 4.74 Å². The summed E-state index contributed by atoms with van der Waals surface area (Å²) in [6.07, 6.45) is 2.81. The SMILES string of the molecule is CC[C@@H]1CN(C)[C@H]2Cc3c(n(CCc4ccc(OC)cc4)c4ccccc34)C(=O)C[C@H]1C2C(=O)OC. The number of ketones is 1. The van der Waals surface area contributed by atoms with E-state index in [2.05, 4.69) is 47.7 Å². The van der Waals surface area contributed by atoms with Crippen LogP contribution in [0.5, 0.6) is 5.75 Å². The normalized spacial score (nSPS) is 24.2.